The van der Waals surface area contributed by atoms with Crippen LogP contribution in [0.25, 0.3) is 0 Å². The van der Waals surface area contributed by atoms with E-state index in [2.05, 4.69) is 15.3 Å². The fraction of sp³-hybridized carbons (Fsp3) is 0.615. The van der Waals surface area contributed by atoms with E-state index in [1.54, 1.807) is 0 Å². The monoisotopic (exact) mass is 319 g/mol. The van der Waals surface area contributed by atoms with Crippen molar-refractivity contribution >= 4 is 11.8 Å². The van der Waals surface area contributed by atoms with Crippen LogP contribution < -0.4 is 5.32 Å². The Morgan fingerprint density at radius 3 is 2.68 bits per heavy atom. The average Bonchev–Trinajstić information content (AvgIpc) is 2.45. The number of hydrogen-bond acceptors (Lipinski definition) is 5. The van der Waals surface area contributed by atoms with Crippen molar-refractivity contribution in [3.05, 3.63) is 18.1 Å². The standard InChI is InChI=1S/C13H16F3N3O3/c14-13(15,16)8-2-1-3-12(22,4-8)7-19-10-6-17-9(5-18-10)11(20)21/h5-6,8,22H,1-4,7H2,(H,18,19)(H,20,21). The van der Waals surface area contributed by atoms with Gasteiger partial charge in [-0.1, -0.05) is 0 Å². The van der Waals surface area contributed by atoms with Crippen LogP contribution in [0, 0.1) is 5.92 Å². The van der Waals surface area contributed by atoms with Crippen molar-refractivity contribution < 1.29 is 28.2 Å². The van der Waals surface area contributed by atoms with E-state index in [1.807, 2.05) is 0 Å². The minimum absolute atomic E-state index is 0.0267. The molecular formula is C13H16F3N3O3. The molecule has 1 saturated carbocycles. The zero-order valence-corrected chi connectivity index (χ0v) is 11.6. The van der Waals surface area contributed by atoms with Crippen molar-refractivity contribution in [1.82, 2.24) is 9.97 Å². The predicted octanol–water partition coefficient (Wildman–Crippen LogP) is 2.07. The summed E-state index contributed by atoms with van der Waals surface area (Å²) in [7, 11) is 0. The summed E-state index contributed by atoms with van der Waals surface area (Å²) in [5.41, 5.74) is -1.70. The number of aromatic nitrogens is 2. The van der Waals surface area contributed by atoms with Gasteiger partial charge in [-0.05, 0) is 25.7 Å². The van der Waals surface area contributed by atoms with Crippen LogP contribution in [0.4, 0.5) is 19.0 Å². The Labute approximate surface area is 124 Å². The zero-order chi connectivity index (χ0) is 16.4. The number of rotatable bonds is 4. The second-order valence-corrected chi connectivity index (χ2v) is 5.50. The average molecular weight is 319 g/mol. The molecule has 3 N–H and O–H groups in total. The SMILES string of the molecule is O=C(O)c1cnc(NCC2(O)CCCC(C(F)(F)F)C2)cn1. The summed E-state index contributed by atoms with van der Waals surface area (Å²) in [6.45, 7) is -0.0965. The van der Waals surface area contributed by atoms with Gasteiger partial charge in [-0.3, -0.25) is 0 Å². The maximum Gasteiger partial charge on any atom is 0.391 e. The number of nitrogens with zero attached hydrogens (tertiary/aromatic N) is 2. The molecule has 0 amide bonds. The number of alkyl halides is 3. The molecule has 2 unspecified atom stereocenters. The molecule has 1 aliphatic carbocycles. The van der Waals surface area contributed by atoms with Gasteiger partial charge in [0.25, 0.3) is 0 Å². The summed E-state index contributed by atoms with van der Waals surface area (Å²) < 4.78 is 38.3. The summed E-state index contributed by atoms with van der Waals surface area (Å²) in [5, 5.41) is 21.7. The van der Waals surface area contributed by atoms with Crippen molar-refractivity contribution in [3.63, 3.8) is 0 Å². The van der Waals surface area contributed by atoms with Gasteiger partial charge in [0, 0.05) is 6.54 Å². The first-order valence-electron chi connectivity index (χ1n) is 6.78. The minimum Gasteiger partial charge on any atom is -0.476 e. The van der Waals surface area contributed by atoms with Gasteiger partial charge >= 0.3 is 12.1 Å². The quantitative estimate of drug-likeness (QED) is 0.786. The smallest absolute Gasteiger partial charge is 0.391 e. The van der Waals surface area contributed by atoms with E-state index in [0.717, 1.165) is 12.4 Å². The zero-order valence-electron chi connectivity index (χ0n) is 11.6. The van der Waals surface area contributed by atoms with Gasteiger partial charge in [-0.15, -0.1) is 0 Å². The topological polar surface area (TPSA) is 95.3 Å². The molecule has 0 spiro atoms. The van der Waals surface area contributed by atoms with Crippen LogP contribution in [0.2, 0.25) is 0 Å². The highest BCUT2D eigenvalue weighted by molar-refractivity contribution is 5.84. The number of carbonyl (C=O) groups is 1. The lowest BCUT2D eigenvalue weighted by molar-refractivity contribution is -0.199. The highest BCUT2D eigenvalue weighted by atomic mass is 19.4. The second kappa shape index (κ2) is 6.07. The molecule has 0 aliphatic heterocycles. The Bertz CT molecular complexity index is 536. The second-order valence-electron chi connectivity index (χ2n) is 5.50. The molecule has 0 saturated heterocycles. The Kier molecular flexibility index (Phi) is 4.55. The maximum atomic E-state index is 12.8. The molecule has 9 heteroatoms. The van der Waals surface area contributed by atoms with Crippen LogP contribution in [-0.2, 0) is 0 Å². The number of anilines is 1. The van der Waals surface area contributed by atoms with E-state index in [1.165, 1.54) is 0 Å². The molecule has 1 fully saturated rings. The van der Waals surface area contributed by atoms with Gasteiger partial charge in [-0.2, -0.15) is 13.2 Å². The Hall–Kier alpha value is -1.90. The van der Waals surface area contributed by atoms with Gasteiger partial charge in [-0.25, -0.2) is 14.8 Å². The van der Waals surface area contributed by atoms with Crippen LogP contribution in [0.15, 0.2) is 12.4 Å². The molecule has 0 bridgehead atoms. The van der Waals surface area contributed by atoms with Crippen molar-refractivity contribution in [3.8, 4) is 0 Å². The first-order valence-corrected chi connectivity index (χ1v) is 6.78. The van der Waals surface area contributed by atoms with Gasteiger partial charge in [0.1, 0.15) is 5.82 Å². The third-order valence-electron chi connectivity index (χ3n) is 3.75. The number of carboxylic acid groups (broad SMARTS) is 1. The normalized spacial score (nSPS) is 25.7. The third kappa shape index (κ3) is 4.06. The highest BCUT2D eigenvalue weighted by Gasteiger charge is 2.46. The molecule has 1 aromatic heterocycles. The van der Waals surface area contributed by atoms with E-state index < -0.39 is 23.7 Å². The molecule has 6 nitrogen and oxygen atoms in total. The molecule has 0 aromatic carbocycles. The molecular weight excluding hydrogens is 303 g/mol. The maximum absolute atomic E-state index is 12.8. The Morgan fingerprint density at radius 2 is 2.14 bits per heavy atom. The first-order chi connectivity index (χ1) is 10.2. The van der Waals surface area contributed by atoms with Crippen molar-refractivity contribution in [2.75, 3.05) is 11.9 Å². The molecule has 1 heterocycles. The predicted molar refractivity (Wildman–Crippen MR) is 70.4 cm³/mol. The summed E-state index contributed by atoms with van der Waals surface area (Å²) in [6, 6.07) is 0. The summed E-state index contributed by atoms with van der Waals surface area (Å²) in [4.78, 5) is 18.1. The summed E-state index contributed by atoms with van der Waals surface area (Å²) in [5.74, 6) is -2.53. The first kappa shape index (κ1) is 16.5. The fourth-order valence-electron chi connectivity index (χ4n) is 2.57. The van der Waals surface area contributed by atoms with Crippen LogP contribution in [-0.4, -0.2) is 44.5 Å². The van der Waals surface area contributed by atoms with E-state index in [-0.39, 0.29) is 37.3 Å². The van der Waals surface area contributed by atoms with E-state index in [9.17, 15) is 23.1 Å². The lowest BCUT2D eigenvalue weighted by Gasteiger charge is -2.37. The van der Waals surface area contributed by atoms with Crippen molar-refractivity contribution in [2.24, 2.45) is 5.92 Å². The molecule has 1 aromatic rings. The summed E-state index contributed by atoms with van der Waals surface area (Å²) >= 11 is 0. The number of halogens is 3. The molecule has 0 radical (unpaired) electrons. The molecule has 22 heavy (non-hydrogen) atoms. The molecule has 1 aliphatic rings. The number of aliphatic hydroxyl groups is 1. The summed E-state index contributed by atoms with van der Waals surface area (Å²) in [6.07, 6.45) is -1.87. The lowest BCUT2D eigenvalue weighted by Crippen LogP contribution is -2.45. The van der Waals surface area contributed by atoms with Crippen molar-refractivity contribution in [1.29, 1.82) is 0 Å². The van der Waals surface area contributed by atoms with Gasteiger partial charge < -0.3 is 15.5 Å². The molecule has 2 atom stereocenters. The lowest BCUT2D eigenvalue weighted by atomic mass is 9.77. The highest BCUT2D eigenvalue weighted by Crippen LogP contribution is 2.41. The van der Waals surface area contributed by atoms with Gasteiger partial charge in [0.15, 0.2) is 5.69 Å². The van der Waals surface area contributed by atoms with Crippen LogP contribution in [0.1, 0.15) is 36.2 Å². The number of carboxylic acids is 1. The van der Waals surface area contributed by atoms with E-state index >= 15 is 0 Å². The molecule has 122 valence electrons. The van der Waals surface area contributed by atoms with E-state index in [4.69, 9.17) is 5.11 Å². The van der Waals surface area contributed by atoms with Crippen LogP contribution in [0.5, 0.6) is 0 Å². The Balaban J connectivity index is 1.96. The fourth-order valence-corrected chi connectivity index (χ4v) is 2.57. The number of nitrogens with one attached hydrogen (secondary N) is 1. The number of hydrogen-bond donors (Lipinski definition) is 3. The minimum atomic E-state index is -4.31. The van der Waals surface area contributed by atoms with Gasteiger partial charge in [0.2, 0.25) is 0 Å². The largest absolute Gasteiger partial charge is 0.476 e. The third-order valence-corrected chi connectivity index (χ3v) is 3.75. The van der Waals surface area contributed by atoms with Gasteiger partial charge in [0.05, 0.1) is 23.9 Å². The number of aromatic carboxylic acids is 1. The van der Waals surface area contributed by atoms with Crippen molar-refractivity contribution in [2.45, 2.75) is 37.5 Å². The molecule has 2 rings (SSSR count). The van der Waals surface area contributed by atoms with Crippen LogP contribution >= 0.6 is 0 Å². The van der Waals surface area contributed by atoms with Crippen LogP contribution in [0.3, 0.4) is 0 Å². The Morgan fingerprint density at radius 1 is 1.41 bits per heavy atom. The van der Waals surface area contributed by atoms with E-state index in [0.29, 0.717) is 6.42 Å².